The molecule has 3 aromatic rings. The van der Waals surface area contributed by atoms with E-state index in [-0.39, 0.29) is 28.6 Å². The maximum atomic E-state index is 12.6. The van der Waals surface area contributed by atoms with Crippen LogP contribution >= 0.6 is 0 Å². The van der Waals surface area contributed by atoms with Crippen LogP contribution in [0.1, 0.15) is 24.2 Å². The molecule has 9 nitrogen and oxygen atoms in total. The Morgan fingerprint density at radius 1 is 1.13 bits per heavy atom. The van der Waals surface area contributed by atoms with Gasteiger partial charge in [-0.1, -0.05) is 12.1 Å². The molecule has 0 aliphatic carbocycles. The standard InChI is InChI=1S/C21H22N2O7S/c1-3-31(26,27)19-6-4-16(5-7-19)30-18-11-15(10-17(12-18)29-14(2)13-24)21(25)22-20-8-9-28-23-20/h4-12,14,24H,3,13H2,1-2H3,(H,22,23,25)/t14-/m0/s1. The third kappa shape index (κ3) is 5.83. The summed E-state index contributed by atoms with van der Waals surface area (Å²) in [7, 11) is -3.32. The van der Waals surface area contributed by atoms with Crippen LogP contribution in [0.2, 0.25) is 0 Å². The van der Waals surface area contributed by atoms with E-state index >= 15 is 0 Å². The zero-order valence-electron chi connectivity index (χ0n) is 16.9. The quantitative estimate of drug-likeness (QED) is 0.513. The molecule has 1 aromatic heterocycles. The monoisotopic (exact) mass is 446 g/mol. The molecule has 1 amide bonds. The highest BCUT2D eigenvalue weighted by atomic mass is 32.2. The molecule has 0 spiro atoms. The summed E-state index contributed by atoms with van der Waals surface area (Å²) < 4.78 is 40.1. The van der Waals surface area contributed by atoms with Crippen molar-refractivity contribution in [2.24, 2.45) is 0 Å². The fraction of sp³-hybridized carbons (Fsp3) is 0.238. The van der Waals surface area contributed by atoms with Gasteiger partial charge >= 0.3 is 0 Å². The minimum atomic E-state index is -3.32. The molecular weight excluding hydrogens is 424 g/mol. The highest BCUT2D eigenvalue weighted by Crippen LogP contribution is 2.29. The number of carbonyl (C=O) groups is 1. The van der Waals surface area contributed by atoms with E-state index in [1.165, 1.54) is 48.7 Å². The topological polar surface area (TPSA) is 128 Å². The second kappa shape index (κ2) is 9.63. The van der Waals surface area contributed by atoms with Gasteiger partial charge in [-0.05, 0) is 43.3 Å². The predicted molar refractivity (Wildman–Crippen MR) is 112 cm³/mol. The Morgan fingerprint density at radius 2 is 1.84 bits per heavy atom. The molecule has 164 valence electrons. The molecule has 0 saturated heterocycles. The lowest BCUT2D eigenvalue weighted by Gasteiger charge is -2.15. The van der Waals surface area contributed by atoms with Crippen LogP contribution in [-0.2, 0) is 9.84 Å². The summed E-state index contributed by atoms with van der Waals surface area (Å²) >= 11 is 0. The number of nitrogens with one attached hydrogen (secondary N) is 1. The van der Waals surface area contributed by atoms with E-state index in [1.54, 1.807) is 19.9 Å². The fourth-order valence-corrected chi connectivity index (χ4v) is 3.47. The normalized spacial score (nSPS) is 12.2. The number of sulfone groups is 1. The molecule has 2 N–H and O–H groups in total. The average molecular weight is 446 g/mol. The number of nitrogens with zero attached hydrogens (tertiary/aromatic N) is 1. The van der Waals surface area contributed by atoms with Gasteiger partial charge < -0.3 is 24.4 Å². The summed E-state index contributed by atoms with van der Waals surface area (Å²) in [4.78, 5) is 12.8. The molecule has 0 aliphatic rings. The third-order valence-electron chi connectivity index (χ3n) is 4.21. The Kier molecular flexibility index (Phi) is 6.93. The number of rotatable bonds is 9. The highest BCUT2D eigenvalue weighted by Gasteiger charge is 2.15. The first kappa shape index (κ1) is 22.3. The van der Waals surface area contributed by atoms with E-state index in [1.807, 2.05) is 0 Å². The summed E-state index contributed by atoms with van der Waals surface area (Å²) in [6, 6.07) is 12.0. The smallest absolute Gasteiger partial charge is 0.257 e. The van der Waals surface area contributed by atoms with Crippen molar-refractivity contribution in [3.8, 4) is 17.2 Å². The summed E-state index contributed by atoms with van der Waals surface area (Å²) in [5.41, 5.74) is 0.228. The lowest BCUT2D eigenvalue weighted by Crippen LogP contribution is -2.17. The molecule has 1 heterocycles. The van der Waals surface area contributed by atoms with Gasteiger partial charge in [0.2, 0.25) is 0 Å². The molecule has 0 saturated carbocycles. The van der Waals surface area contributed by atoms with Gasteiger partial charge in [0.1, 0.15) is 29.6 Å². The van der Waals surface area contributed by atoms with Crippen molar-refractivity contribution in [3.63, 3.8) is 0 Å². The first-order chi connectivity index (χ1) is 14.8. The number of carbonyl (C=O) groups excluding carboxylic acids is 1. The van der Waals surface area contributed by atoms with E-state index in [0.717, 1.165) is 0 Å². The second-order valence-corrected chi connectivity index (χ2v) is 8.90. The van der Waals surface area contributed by atoms with Crippen LogP contribution in [0.15, 0.2) is 64.2 Å². The number of anilines is 1. The van der Waals surface area contributed by atoms with Crippen molar-refractivity contribution in [2.45, 2.75) is 24.8 Å². The number of hydrogen-bond acceptors (Lipinski definition) is 8. The minimum Gasteiger partial charge on any atom is -0.488 e. The maximum Gasteiger partial charge on any atom is 0.257 e. The molecule has 0 unspecified atom stereocenters. The van der Waals surface area contributed by atoms with Gasteiger partial charge in [0.15, 0.2) is 15.7 Å². The minimum absolute atomic E-state index is 0.000376. The van der Waals surface area contributed by atoms with E-state index in [0.29, 0.717) is 17.2 Å². The molecule has 0 radical (unpaired) electrons. The summed E-state index contributed by atoms with van der Waals surface area (Å²) in [5.74, 6) is 0.763. The van der Waals surface area contributed by atoms with Crippen molar-refractivity contribution >= 4 is 21.6 Å². The van der Waals surface area contributed by atoms with Gasteiger partial charge in [-0.2, -0.15) is 0 Å². The number of hydrogen-bond donors (Lipinski definition) is 2. The van der Waals surface area contributed by atoms with Gasteiger partial charge in [-0.15, -0.1) is 0 Å². The second-order valence-electron chi connectivity index (χ2n) is 6.62. The van der Waals surface area contributed by atoms with Crippen LogP contribution in [-0.4, -0.2) is 43.1 Å². The highest BCUT2D eigenvalue weighted by molar-refractivity contribution is 7.91. The van der Waals surface area contributed by atoms with Crippen LogP contribution in [0.3, 0.4) is 0 Å². The van der Waals surface area contributed by atoms with Crippen molar-refractivity contribution in [1.29, 1.82) is 0 Å². The Morgan fingerprint density at radius 3 is 2.45 bits per heavy atom. The molecule has 2 aromatic carbocycles. The zero-order chi connectivity index (χ0) is 22.4. The average Bonchev–Trinajstić information content (AvgIpc) is 3.27. The lowest BCUT2D eigenvalue weighted by atomic mass is 10.2. The Bertz CT molecular complexity index is 1130. The van der Waals surface area contributed by atoms with E-state index in [4.69, 9.17) is 14.0 Å². The van der Waals surface area contributed by atoms with Gasteiger partial charge in [0.05, 0.1) is 17.3 Å². The molecular formula is C21H22N2O7S. The van der Waals surface area contributed by atoms with E-state index in [2.05, 4.69) is 10.5 Å². The SMILES string of the molecule is CCS(=O)(=O)c1ccc(Oc2cc(O[C@@H](C)CO)cc(C(=O)Nc3ccon3)c2)cc1. The van der Waals surface area contributed by atoms with Crippen molar-refractivity contribution < 1.29 is 32.3 Å². The third-order valence-corrected chi connectivity index (χ3v) is 5.97. The van der Waals surface area contributed by atoms with E-state index < -0.39 is 21.8 Å². The number of amides is 1. The molecule has 0 aliphatic heterocycles. The number of aliphatic hydroxyl groups excluding tert-OH is 1. The van der Waals surface area contributed by atoms with Crippen molar-refractivity contribution in [3.05, 3.63) is 60.4 Å². The molecule has 1 atom stereocenters. The van der Waals surface area contributed by atoms with Crippen LogP contribution in [0, 0.1) is 0 Å². The van der Waals surface area contributed by atoms with Crippen molar-refractivity contribution in [1.82, 2.24) is 5.16 Å². The van der Waals surface area contributed by atoms with Crippen LogP contribution in [0.25, 0.3) is 0 Å². The predicted octanol–water partition coefficient (Wildman–Crippen LogP) is 3.27. The van der Waals surface area contributed by atoms with E-state index in [9.17, 15) is 18.3 Å². The van der Waals surface area contributed by atoms with Gasteiger partial charge in [0.25, 0.3) is 5.91 Å². The largest absolute Gasteiger partial charge is 0.488 e. The number of aliphatic hydroxyl groups is 1. The van der Waals surface area contributed by atoms with Crippen LogP contribution in [0.5, 0.6) is 17.2 Å². The number of aromatic nitrogens is 1. The lowest BCUT2D eigenvalue weighted by molar-refractivity contribution is 0.102. The van der Waals surface area contributed by atoms with Crippen LogP contribution in [0.4, 0.5) is 5.82 Å². The first-order valence-corrected chi connectivity index (χ1v) is 11.1. The molecule has 10 heteroatoms. The van der Waals surface area contributed by atoms with Crippen LogP contribution < -0.4 is 14.8 Å². The molecule has 3 rings (SSSR count). The summed E-state index contributed by atoms with van der Waals surface area (Å²) in [5, 5.41) is 15.5. The fourth-order valence-electron chi connectivity index (χ4n) is 2.58. The summed E-state index contributed by atoms with van der Waals surface area (Å²) in [6.07, 6.45) is 0.829. The Balaban J connectivity index is 1.87. The van der Waals surface area contributed by atoms with Crippen molar-refractivity contribution in [2.75, 3.05) is 17.7 Å². The Hall–Kier alpha value is -3.37. The zero-order valence-corrected chi connectivity index (χ0v) is 17.8. The molecule has 31 heavy (non-hydrogen) atoms. The summed E-state index contributed by atoms with van der Waals surface area (Å²) in [6.45, 7) is 3.04. The maximum absolute atomic E-state index is 12.6. The molecule has 0 fully saturated rings. The van der Waals surface area contributed by atoms with Gasteiger partial charge in [-0.3, -0.25) is 4.79 Å². The first-order valence-electron chi connectivity index (χ1n) is 9.45. The van der Waals surface area contributed by atoms with Gasteiger partial charge in [-0.25, -0.2) is 8.42 Å². The molecule has 0 bridgehead atoms. The van der Waals surface area contributed by atoms with Gasteiger partial charge in [0, 0.05) is 17.7 Å². The Labute approximate surface area is 179 Å². The number of benzene rings is 2. The number of ether oxygens (including phenoxy) is 2.